The Morgan fingerprint density at radius 3 is 2.61 bits per heavy atom. The lowest BCUT2D eigenvalue weighted by atomic mass is 10.1. The van der Waals surface area contributed by atoms with Crippen molar-refractivity contribution in [2.75, 3.05) is 14.1 Å². The molecule has 2 aromatic rings. The molecular formula is C15H17N3O5. The van der Waals surface area contributed by atoms with E-state index in [0.29, 0.717) is 5.76 Å². The number of amides is 2. The minimum atomic E-state index is -0.542. The van der Waals surface area contributed by atoms with Gasteiger partial charge in [0.15, 0.2) is 0 Å². The number of hydrogen-bond acceptors (Lipinski definition) is 5. The van der Waals surface area contributed by atoms with Crippen LogP contribution in [0, 0.1) is 10.1 Å². The Labute approximate surface area is 132 Å². The molecule has 1 N–H and O–H groups in total. The highest BCUT2D eigenvalue weighted by atomic mass is 16.6. The van der Waals surface area contributed by atoms with Gasteiger partial charge in [0.1, 0.15) is 11.5 Å². The van der Waals surface area contributed by atoms with Gasteiger partial charge in [-0.05, 0) is 24.3 Å². The van der Waals surface area contributed by atoms with Crippen molar-refractivity contribution in [1.29, 1.82) is 0 Å². The van der Waals surface area contributed by atoms with Crippen LogP contribution >= 0.6 is 0 Å². The van der Waals surface area contributed by atoms with Crippen LogP contribution in [0.25, 0.3) is 0 Å². The van der Waals surface area contributed by atoms with Gasteiger partial charge in [0.25, 0.3) is 5.69 Å². The highest BCUT2D eigenvalue weighted by Crippen LogP contribution is 2.25. The molecule has 0 saturated carbocycles. The first-order valence-corrected chi connectivity index (χ1v) is 6.83. The fraction of sp³-hybridized carbons (Fsp3) is 0.267. The fourth-order valence-electron chi connectivity index (χ4n) is 2.15. The zero-order valence-corrected chi connectivity index (χ0v) is 12.8. The Morgan fingerprint density at radius 1 is 1.30 bits per heavy atom. The van der Waals surface area contributed by atoms with Gasteiger partial charge in [-0.1, -0.05) is 0 Å². The maximum Gasteiger partial charge on any atom is 0.320 e. The van der Waals surface area contributed by atoms with E-state index in [-0.39, 0.29) is 36.1 Å². The average molecular weight is 319 g/mol. The third-order valence-corrected chi connectivity index (χ3v) is 3.20. The lowest BCUT2D eigenvalue weighted by Crippen LogP contribution is -2.38. The predicted molar refractivity (Wildman–Crippen MR) is 81.8 cm³/mol. The molecule has 0 bridgehead atoms. The molecule has 8 nitrogen and oxygen atoms in total. The second-order valence-corrected chi connectivity index (χ2v) is 5.18. The number of benzene rings is 1. The first kappa shape index (κ1) is 16.3. The highest BCUT2D eigenvalue weighted by Gasteiger charge is 2.22. The molecule has 0 aliphatic heterocycles. The van der Waals surface area contributed by atoms with Crippen LogP contribution in [0.3, 0.4) is 0 Å². The maximum absolute atomic E-state index is 12.3. The number of rotatable bonds is 5. The normalized spacial score (nSPS) is 10.3. The number of aromatic hydroxyl groups is 1. The number of carbonyl (C=O) groups is 1. The van der Waals surface area contributed by atoms with E-state index in [1.54, 1.807) is 26.2 Å². The second kappa shape index (κ2) is 6.82. The Balaban J connectivity index is 2.32. The molecule has 0 aliphatic carbocycles. The Bertz CT molecular complexity index is 697. The summed E-state index contributed by atoms with van der Waals surface area (Å²) in [6, 6.07) is 6.84. The molecule has 8 heteroatoms. The molecule has 1 heterocycles. The van der Waals surface area contributed by atoms with Crippen molar-refractivity contribution in [3.63, 3.8) is 0 Å². The van der Waals surface area contributed by atoms with E-state index >= 15 is 0 Å². The molecule has 2 rings (SSSR count). The van der Waals surface area contributed by atoms with Crippen LogP contribution < -0.4 is 0 Å². The van der Waals surface area contributed by atoms with E-state index in [1.807, 2.05) is 0 Å². The molecule has 0 radical (unpaired) electrons. The van der Waals surface area contributed by atoms with Crippen molar-refractivity contribution in [1.82, 2.24) is 9.80 Å². The molecule has 0 fully saturated rings. The van der Waals surface area contributed by atoms with Gasteiger partial charge in [-0.3, -0.25) is 10.1 Å². The Hall–Kier alpha value is -3.03. The number of carbonyl (C=O) groups excluding carboxylic acids is 1. The third-order valence-electron chi connectivity index (χ3n) is 3.20. The molecule has 1 aromatic heterocycles. The highest BCUT2D eigenvalue weighted by molar-refractivity contribution is 5.74. The van der Waals surface area contributed by atoms with Crippen molar-refractivity contribution >= 4 is 11.7 Å². The first-order valence-electron chi connectivity index (χ1n) is 6.83. The summed E-state index contributed by atoms with van der Waals surface area (Å²) >= 11 is 0. The molecular weight excluding hydrogens is 302 g/mol. The molecule has 0 unspecified atom stereocenters. The van der Waals surface area contributed by atoms with Crippen molar-refractivity contribution in [2.24, 2.45) is 0 Å². The number of hydrogen-bond donors (Lipinski definition) is 1. The summed E-state index contributed by atoms with van der Waals surface area (Å²) in [5, 5.41) is 20.7. The minimum Gasteiger partial charge on any atom is -0.508 e. The molecule has 2 amide bonds. The van der Waals surface area contributed by atoms with Crippen molar-refractivity contribution in [3.05, 3.63) is 58.0 Å². The van der Waals surface area contributed by atoms with Crippen LogP contribution in [0.5, 0.6) is 5.75 Å². The van der Waals surface area contributed by atoms with Gasteiger partial charge < -0.3 is 19.3 Å². The second-order valence-electron chi connectivity index (χ2n) is 5.18. The summed E-state index contributed by atoms with van der Waals surface area (Å²) in [7, 11) is 3.18. The van der Waals surface area contributed by atoms with Gasteiger partial charge in [0.2, 0.25) is 0 Å². The molecule has 0 aliphatic rings. The van der Waals surface area contributed by atoms with Gasteiger partial charge in [0.05, 0.1) is 29.8 Å². The van der Waals surface area contributed by atoms with E-state index < -0.39 is 4.92 Å². The number of phenolic OH excluding ortho intramolecular Hbond substituents is 1. The van der Waals surface area contributed by atoms with Crippen molar-refractivity contribution in [2.45, 2.75) is 13.1 Å². The number of nitro benzene ring substituents is 1. The quantitative estimate of drug-likeness (QED) is 0.674. The van der Waals surface area contributed by atoms with Crippen LogP contribution in [-0.4, -0.2) is 40.0 Å². The summed E-state index contributed by atoms with van der Waals surface area (Å²) in [5.74, 6) is 0.462. The molecule has 23 heavy (non-hydrogen) atoms. The SMILES string of the molecule is CN(C)C(=O)N(Cc1ccco1)Cc1cc(O)ccc1[N+](=O)[O-]. The zero-order valence-electron chi connectivity index (χ0n) is 12.8. The van der Waals surface area contributed by atoms with Crippen LogP contribution in [0.1, 0.15) is 11.3 Å². The first-order chi connectivity index (χ1) is 10.9. The van der Waals surface area contributed by atoms with Gasteiger partial charge in [-0.2, -0.15) is 0 Å². The molecule has 0 saturated heterocycles. The summed E-state index contributed by atoms with van der Waals surface area (Å²) in [6.07, 6.45) is 1.49. The van der Waals surface area contributed by atoms with Gasteiger partial charge in [0, 0.05) is 20.2 Å². The fourth-order valence-corrected chi connectivity index (χ4v) is 2.15. The van der Waals surface area contributed by atoms with Crippen molar-refractivity contribution < 1.29 is 19.2 Å². The van der Waals surface area contributed by atoms with Gasteiger partial charge in [-0.15, -0.1) is 0 Å². The van der Waals surface area contributed by atoms with Crippen molar-refractivity contribution in [3.8, 4) is 5.75 Å². The lowest BCUT2D eigenvalue weighted by Gasteiger charge is -2.25. The zero-order chi connectivity index (χ0) is 17.0. The molecule has 0 spiro atoms. The minimum absolute atomic E-state index is 0.0254. The van der Waals surface area contributed by atoms with Crippen LogP contribution in [-0.2, 0) is 13.1 Å². The van der Waals surface area contributed by atoms with E-state index in [2.05, 4.69) is 0 Å². The van der Waals surface area contributed by atoms with Crippen LogP contribution in [0.2, 0.25) is 0 Å². The number of nitrogens with zero attached hydrogens (tertiary/aromatic N) is 3. The number of nitro groups is 1. The van der Waals surface area contributed by atoms with Gasteiger partial charge >= 0.3 is 6.03 Å². The monoisotopic (exact) mass is 319 g/mol. The summed E-state index contributed by atoms with van der Waals surface area (Å²) in [4.78, 5) is 25.7. The van der Waals surface area contributed by atoms with E-state index in [9.17, 15) is 20.0 Å². The number of furan rings is 1. The maximum atomic E-state index is 12.3. The standard InChI is InChI=1S/C15H17N3O5/c1-16(2)15(20)17(10-13-4-3-7-23-13)9-11-8-12(19)5-6-14(11)18(21)22/h3-8,19H,9-10H2,1-2H3. The summed E-state index contributed by atoms with van der Waals surface area (Å²) in [5.41, 5.74) is 0.0931. The smallest absolute Gasteiger partial charge is 0.320 e. The van der Waals surface area contributed by atoms with E-state index in [1.165, 1.54) is 34.3 Å². The summed E-state index contributed by atoms with van der Waals surface area (Å²) in [6.45, 7) is 0.138. The summed E-state index contributed by atoms with van der Waals surface area (Å²) < 4.78 is 5.24. The average Bonchev–Trinajstić information content (AvgIpc) is 2.98. The Morgan fingerprint density at radius 2 is 2.04 bits per heavy atom. The topological polar surface area (TPSA) is 100 Å². The van der Waals surface area contributed by atoms with Gasteiger partial charge in [-0.25, -0.2) is 4.79 Å². The van der Waals surface area contributed by atoms with Crippen LogP contribution in [0.4, 0.5) is 10.5 Å². The van der Waals surface area contributed by atoms with Crippen LogP contribution in [0.15, 0.2) is 41.0 Å². The molecule has 122 valence electrons. The lowest BCUT2D eigenvalue weighted by molar-refractivity contribution is -0.385. The largest absolute Gasteiger partial charge is 0.508 e. The van der Waals surface area contributed by atoms with E-state index in [4.69, 9.17) is 4.42 Å². The molecule has 1 aromatic carbocycles. The van der Waals surface area contributed by atoms with E-state index in [0.717, 1.165) is 0 Å². The Kier molecular flexibility index (Phi) is 4.85. The number of urea groups is 1. The molecule has 0 atom stereocenters. The number of phenols is 1. The third kappa shape index (κ3) is 4.00. The predicted octanol–water partition coefficient (Wildman–Crippen LogP) is 2.58.